The summed E-state index contributed by atoms with van der Waals surface area (Å²) in [6.07, 6.45) is 1.36. The molecule has 7 nitrogen and oxygen atoms in total. The summed E-state index contributed by atoms with van der Waals surface area (Å²) in [7, 11) is 0. The van der Waals surface area contributed by atoms with Crippen LogP contribution in [0.25, 0.3) is 11.1 Å². The van der Waals surface area contributed by atoms with Crippen molar-refractivity contribution in [2.45, 2.75) is 27.3 Å². The van der Waals surface area contributed by atoms with E-state index in [9.17, 15) is 9.59 Å². The maximum absolute atomic E-state index is 12.9. The molecule has 0 saturated carbocycles. The third kappa shape index (κ3) is 2.56. The Morgan fingerprint density at radius 2 is 2.08 bits per heavy atom. The molecule has 1 aromatic carbocycles. The highest BCUT2D eigenvalue weighted by molar-refractivity contribution is 5.95. The largest absolute Gasteiger partial charge is 0.490 e. The molecule has 0 aliphatic carbocycles. The fourth-order valence-corrected chi connectivity index (χ4v) is 3.20. The van der Waals surface area contributed by atoms with Gasteiger partial charge >= 0.3 is 0 Å². The van der Waals surface area contributed by atoms with E-state index in [2.05, 4.69) is 4.98 Å². The molecule has 0 bridgehead atoms. The van der Waals surface area contributed by atoms with Gasteiger partial charge in [-0.05, 0) is 38.5 Å². The predicted octanol–water partition coefficient (Wildman–Crippen LogP) is 2.34. The number of rotatable bonds is 2. The third-order valence-electron chi connectivity index (χ3n) is 4.74. The summed E-state index contributed by atoms with van der Waals surface area (Å²) in [6.45, 7) is 6.36. The van der Waals surface area contributed by atoms with Crippen LogP contribution in [0, 0.1) is 20.8 Å². The molecule has 0 saturated heterocycles. The van der Waals surface area contributed by atoms with E-state index in [1.54, 1.807) is 11.8 Å². The zero-order valence-electron chi connectivity index (χ0n) is 14.9. The van der Waals surface area contributed by atoms with Gasteiger partial charge < -0.3 is 14.1 Å². The van der Waals surface area contributed by atoms with E-state index in [0.717, 1.165) is 16.8 Å². The number of aromatic nitrogens is 2. The van der Waals surface area contributed by atoms with Crippen molar-refractivity contribution in [3.8, 4) is 5.75 Å². The van der Waals surface area contributed by atoms with Gasteiger partial charge in [0.05, 0.1) is 12.2 Å². The summed E-state index contributed by atoms with van der Waals surface area (Å²) >= 11 is 0. The Hall–Kier alpha value is -3.09. The van der Waals surface area contributed by atoms with Gasteiger partial charge in [0.15, 0.2) is 0 Å². The summed E-state index contributed by atoms with van der Waals surface area (Å²) in [5.74, 6) is 1.16. The van der Waals surface area contributed by atoms with Crippen molar-refractivity contribution in [3.63, 3.8) is 0 Å². The number of benzene rings is 1. The van der Waals surface area contributed by atoms with Crippen LogP contribution in [-0.4, -0.2) is 28.6 Å². The van der Waals surface area contributed by atoms with Gasteiger partial charge in [-0.2, -0.15) is 0 Å². The Kier molecular flexibility index (Phi) is 3.79. The molecule has 0 N–H and O–H groups in total. The van der Waals surface area contributed by atoms with Crippen molar-refractivity contribution in [3.05, 3.63) is 51.8 Å². The highest BCUT2D eigenvalue weighted by Crippen LogP contribution is 2.32. The number of nitrogens with zero attached hydrogens (tertiary/aromatic N) is 3. The van der Waals surface area contributed by atoms with Gasteiger partial charge in [0, 0.05) is 5.56 Å². The molecule has 1 aliphatic heterocycles. The molecule has 4 rings (SSSR count). The van der Waals surface area contributed by atoms with E-state index in [-0.39, 0.29) is 18.0 Å². The van der Waals surface area contributed by atoms with Crippen LogP contribution >= 0.6 is 0 Å². The van der Waals surface area contributed by atoms with Gasteiger partial charge in [0.1, 0.15) is 36.4 Å². The molecule has 0 atom stereocenters. The van der Waals surface area contributed by atoms with Gasteiger partial charge in [-0.15, -0.1) is 0 Å². The summed E-state index contributed by atoms with van der Waals surface area (Å²) in [5, 5.41) is 0.427. The quantitative estimate of drug-likeness (QED) is 0.707. The number of aryl methyl sites for hydroxylation is 3. The average molecular weight is 353 g/mol. The van der Waals surface area contributed by atoms with E-state index >= 15 is 0 Å². The number of carbonyl (C=O) groups excluding carboxylic acids is 1. The molecular formula is C19H19N3O4. The minimum Gasteiger partial charge on any atom is -0.490 e. The summed E-state index contributed by atoms with van der Waals surface area (Å²) in [6, 6.07) is 5.72. The van der Waals surface area contributed by atoms with Crippen molar-refractivity contribution in [2.75, 3.05) is 18.1 Å². The number of amides is 1. The van der Waals surface area contributed by atoms with Crippen LogP contribution < -0.4 is 15.2 Å². The van der Waals surface area contributed by atoms with Crippen molar-refractivity contribution >= 4 is 22.7 Å². The second-order valence-corrected chi connectivity index (χ2v) is 6.51. The molecule has 134 valence electrons. The Bertz CT molecular complexity index is 1080. The zero-order chi connectivity index (χ0) is 18.4. The summed E-state index contributed by atoms with van der Waals surface area (Å²) in [4.78, 5) is 31.5. The lowest BCUT2D eigenvalue weighted by Crippen LogP contribution is -2.41. The lowest BCUT2D eigenvalue weighted by molar-refractivity contribution is -0.119. The number of fused-ring (bicyclic) bond motifs is 2. The van der Waals surface area contributed by atoms with Gasteiger partial charge in [-0.3, -0.25) is 14.2 Å². The number of ether oxygens (including phenoxy) is 1. The number of hydrogen-bond acceptors (Lipinski definition) is 5. The maximum Gasteiger partial charge on any atom is 0.265 e. The zero-order valence-corrected chi connectivity index (χ0v) is 14.9. The van der Waals surface area contributed by atoms with Crippen LogP contribution in [-0.2, 0) is 11.3 Å². The molecule has 0 fully saturated rings. The molecule has 0 unspecified atom stereocenters. The van der Waals surface area contributed by atoms with Crippen molar-refractivity contribution in [2.24, 2.45) is 0 Å². The Balaban J connectivity index is 1.69. The van der Waals surface area contributed by atoms with Crippen LogP contribution in [0.1, 0.15) is 16.9 Å². The molecule has 26 heavy (non-hydrogen) atoms. The predicted molar refractivity (Wildman–Crippen MR) is 96.8 cm³/mol. The number of furan rings is 1. The van der Waals surface area contributed by atoms with Gasteiger partial charge in [-0.1, -0.05) is 6.07 Å². The standard InChI is InChI=1S/C19H19N3O4/c1-11-4-5-15-14(8-11)22(6-7-25-15)16(23)9-21-10-20-18-17(19(21)24)12(2)13(3)26-18/h4-5,8,10H,6-7,9H2,1-3H3. The first-order valence-corrected chi connectivity index (χ1v) is 8.44. The number of hydrogen-bond donors (Lipinski definition) is 0. The van der Waals surface area contributed by atoms with Crippen LogP contribution in [0.3, 0.4) is 0 Å². The number of anilines is 1. The average Bonchev–Trinajstić information content (AvgIpc) is 2.91. The molecule has 0 spiro atoms. The molecule has 2 aromatic heterocycles. The summed E-state index contributed by atoms with van der Waals surface area (Å²) < 4.78 is 12.4. The van der Waals surface area contributed by atoms with Crippen LogP contribution in [0.15, 0.2) is 33.7 Å². The van der Waals surface area contributed by atoms with Gasteiger partial charge in [0.25, 0.3) is 5.56 Å². The normalized spacial score (nSPS) is 13.6. The SMILES string of the molecule is Cc1ccc2c(c1)N(C(=O)Cn1cnc3oc(C)c(C)c3c1=O)CCO2. The molecule has 1 amide bonds. The summed E-state index contributed by atoms with van der Waals surface area (Å²) in [5.41, 5.74) is 2.57. The van der Waals surface area contributed by atoms with E-state index in [1.807, 2.05) is 32.0 Å². The molecule has 1 aliphatic rings. The second kappa shape index (κ2) is 6.01. The van der Waals surface area contributed by atoms with Crippen molar-refractivity contribution < 1.29 is 13.9 Å². The number of carbonyl (C=O) groups is 1. The minimum atomic E-state index is -0.268. The van der Waals surface area contributed by atoms with Crippen molar-refractivity contribution in [1.82, 2.24) is 9.55 Å². The molecule has 0 radical (unpaired) electrons. The fraction of sp³-hybridized carbons (Fsp3) is 0.316. The first-order chi connectivity index (χ1) is 12.5. The highest BCUT2D eigenvalue weighted by atomic mass is 16.5. The minimum absolute atomic E-state index is 0.0845. The molecule has 7 heteroatoms. The Morgan fingerprint density at radius 3 is 2.88 bits per heavy atom. The lowest BCUT2D eigenvalue weighted by atomic mass is 10.1. The Labute approximate surface area is 149 Å². The van der Waals surface area contributed by atoms with E-state index in [4.69, 9.17) is 9.15 Å². The van der Waals surface area contributed by atoms with Crippen molar-refractivity contribution in [1.29, 1.82) is 0 Å². The van der Waals surface area contributed by atoms with Gasteiger partial charge in [-0.25, -0.2) is 4.98 Å². The molecule has 3 aromatic rings. The van der Waals surface area contributed by atoms with E-state index < -0.39 is 0 Å². The van der Waals surface area contributed by atoms with E-state index in [1.165, 1.54) is 10.9 Å². The second-order valence-electron chi connectivity index (χ2n) is 6.51. The van der Waals surface area contributed by atoms with Gasteiger partial charge in [0.2, 0.25) is 11.6 Å². The topological polar surface area (TPSA) is 77.6 Å². The lowest BCUT2D eigenvalue weighted by Gasteiger charge is -2.30. The monoisotopic (exact) mass is 353 g/mol. The van der Waals surface area contributed by atoms with E-state index in [0.29, 0.717) is 35.8 Å². The van der Waals surface area contributed by atoms with Crippen LogP contribution in [0.4, 0.5) is 5.69 Å². The third-order valence-corrected chi connectivity index (χ3v) is 4.74. The highest BCUT2D eigenvalue weighted by Gasteiger charge is 2.25. The first-order valence-electron chi connectivity index (χ1n) is 8.44. The molecule has 3 heterocycles. The van der Waals surface area contributed by atoms with Crippen LogP contribution in [0.5, 0.6) is 5.75 Å². The Morgan fingerprint density at radius 1 is 1.27 bits per heavy atom. The smallest absolute Gasteiger partial charge is 0.265 e. The maximum atomic E-state index is 12.9. The fourth-order valence-electron chi connectivity index (χ4n) is 3.20. The van der Waals surface area contributed by atoms with Crippen LogP contribution in [0.2, 0.25) is 0 Å². The molecular weight excluding hydrogens is 334 g/mol. The first kappa shape index (κ1) is 16.4.